The standard InChI is InChI=1S/C22H24BNO4.C21H13N3O2.C16H12BrNO2.C8H6BrIO2/c1-14-7-8-19(17(9-14)13-24)15-10-16(20(25)26-6)12-18(11-15)23-27-21(2,3)22(4,5)28-23;1-13-2-3-19(18(6-13)11-23)15-7-16(9-17(8-15)21(25)26)20-12-24-5-4-14(20)10-22;1-10-3-4-15(13(5-10)9-18)11-6-12(16(19)20-2)8-14(17)7-11;1-12-8(11)5-2-6(9)4-7(10)3-5/h7-12H,1-6H3;2-9,12H,1H3,(H,25,26);3-8H,1-2H3;2-4H,1H3. The molecule has 0 spiro atoms. The SMILES string of the molecule is COC(=O)c1cc(B2OC(C)(C)C(C)(C)O2)cc(-c2ccc(C)cc2C#N)c1.COC(=O)c1cc(Br)cc(-c2ccc(C)cc2C#N)c1.COC(=O)c1cc(Br)cc(I)c1.Cc1ccc(-c2cc(C(=O)O)cc(-c3cnccc3C#N)c2)c(C#N)c1. The summed E-state index contributed by atoms with van der Waals surface area (Å²) in [5, 5.41) is 47.0. The number of aromatic carboxylic acids is 1. The summed E-state index contributed by atoms with van der Waals surface area (Å²) in [6.07, 6.45) is 3.04. The highest BCUT2D eigenvalue weighted by Crippen LogP contribution is 2.38. The number of nitrogens with zero attached hydrogens (tertiary/aromatic N) is 5. The largest absolute Gasteiger partial charge is 0.494 e. The van der Waals surface area contributed by atoms with Gasteiger partial charge < -0.3 is 28.6 Å². The summed E-state index contributed by atoms with van der Waals surface area (Å²) in [4.78, 5) is 50.6. The van der Waals surface area contributed by atoms with Crippen molar-refractivity contribution in [2.24, 2.45) is 0 Å². The van der Waals surface area contributed by atoms with Gasteiger partial charge in [0, 0.05) is 30.5 Å². The van der Waals surface area contributed by atoms with Crippen LogP contribution in [-0.4, -0.2) is 73.6 Å². The Labute approximate surface area is 530 Å². The van der Waals surface area contributed by atoms with Crippen molar-refractivity contribution in [1.29, 1.82) is 21.0 Å². The highest BCUT2D eigenvalue weighted by atomic mass is 127. The number of carbonyl (C=O) groups excluding carboxylic acids is 3. The van der Waals surface area contributed by atoms with Crippen LogP contribution in [0.25, 0.3) is 44.5 Å². The molecule has 2 heterocycles. The molecule has 1 aromatic heterocycles. The van der Waals surface area contributed by atoms with Gasteiger partial charge in [0.25, 0.3) is 0 Å². The van der Waals surface area contributed by atoms with Gasteiger partial charge in [-0.2, -0.15) is 21.0 Å². The van der Waals surface area contributed by atoms with Gasteiger partial charge in [-0.1, -0.05) is 74.3 Å². The molecule has 19 heteroatoms. The predicted molar refractivity (Wildman–Crippen MR) is 343 cm³/mol. The topological polar surface area (TPSA) is 243 Å². The maximum Gasteiger partial charge on any atom is 0.494 e. The van der Waals surface area contributed by atoms with Crippen LogP contribution in [0.1, 0.15) is 108 Å². The molecule has 1 N–H and O–H groups in total. The Morgan fingerprint density at radius 2 is 0.884 bits per heavy atom. The Hall–Kier alpha value is -8.80. The summed E-state index contributed by atoms with van der Waals surface area (Å²) in [6, 6.07) is 47.8. The van der Waals surface area contributed by atoms with E-state index >= 15 is 0 Å². The molecule has 15 nitrogen and oxygen atoms in total. The van der Waals surface area contributed by atoms with E-state index in [4.69, 9.17) is 18.8 Å². The second-order valence-corrected chi connectivity index (χ2v) is 23.5. The van der Waals surface area contributed by atoms with Crippen LogP contribution in [0, 0.1) is 69.7 Å². The molecule has 7 aromatic carbocycles. The number of carbonyl (C=O) groups is 4. The first-order valence-electron chi connectivity index (χ1n) is 26.1. The van der Waals surface area contributed by atoms with Gasteiger partial charge in [0.1, 0.15) is 0 Å². The molecule has 1 aliphatic heterocycles. The fourth-order valence-corrected chi connectivity index (χ4v) is 10.8. The van der Waals surface area contributed by atoms with Crippen molar-refractivity contribution < 1.29 is 47.8 Å². The van der Waals surface area contributed by atoms with Gasteiger partial charge in [-0.15, -0.1) is 0 Å². The number of aromatic nitrogens is 1. The molecule has 86 heavy (non-hydrogen) atoms. The molecule has 0 radical (unpaired) electrons. The van der Waals surface area contributed by atoms with Crippen molar-refractivity contribution in [3.05, 3.63) is 220 Å². The van der Waals surface area contributed by atoms with Crippen LogP contribution in [0.3, 0.4) is 0 Å². The molecule has 1 aliphatic rings. The van der Waals surface area contributed by atoms with Crippen LogP contribution in [0.5, 0.6) is 0 Å². The molecule has 9 rings (SSSR count). The monoisotopic (exact) mass is 1390 g/mol. The highest BCUT2D eigenvalue weighted by Gasteiger charge is 2.52. The minimum absolute atomic E-state index is 0.0784. The highest BCUT2D eigenvalue weighted by molar-refractivity contribution is 14.1. The van der Waals surface area contributed by atoms with E-state index in [0.29, 0.717) is 66.7 Å². The number of esters is 3. The van der Waals surface area contributed by atoms with Gasteiger partial charge in [-0.05, 0) is 223 Å². The zero-order valence-electron chi connectivity index (χ0n) is 48.4. The maximum atomic E-state index is 12.3. The van der Waals surface area contributed by atoms with Crippen LogP contribution < -0.4 is 5.46 Å². The summed E-state index contributed by atoms with van der Waals surface area (Å²) >= 11 is 8.82. The van der Waals surface area contributed by atoms with Crippen LogP contribution in [-0.2, 0) is 23.5 Å². The van der Waals surface area contributed by atoms with Crippen LogP contribution in [0.15, 0.2) is 155 Å². The van der Waals surface area contributed by atoms with Crippen molar-refractivity contribution in [1.82, 2.24) is 4.98 Å². The van der Waals surface area contributed by atoms with Crippen molar-refractivity contribution >= 4 is 90.9 Å². The first kappa shape index (κ1) is 66.3. The quantitative estimate of drug-likeness (QED) is 0.0611. The number of halogens is 3. The van der Waals surface area contributed by atoms with Crippen molar-refractivity contribution in [3.8, 4) is 68.8 Å². The Bertz CT molecular complexity index is 4090. The zero-order valence-corrected chi connectivity index (χ0v) is 53.8. The van der Waals surface area contributed by atoms with E-state index < -0.39 is 36.2 Å². The summed E-state index contributed by atoms with van der Waals surface area (Å²) in [7, 11) is 3.44. The number of carboxylic acid groups (broad SMARTS) is 1. The van der Waals surface area contributed by atoms with Crippen LogP contribution >= 0.6 is 54.5 Å². The number of hydrogen-bond acceptors (Lipinski definition) is 14. The predicted octanol–water partition coefficient (Wildman–Crippen LogP) is 14.7. The average Bonchev–Trinajstić information content (AvgIpc) is 2.10. The number of pyridine rings is 1. The van der Waals surface area contributed by atoms with Gasteiger partial charge in [0.2, 0.25) is 0 Å². The lowest BCUT2D eigenvalue weighted by Crippen LogP contribution is -2.41. The third-order valence-corrected chi connectivity index (χ3v) is 15.3. The van der Waals surface area contributed by atoms with E-state index in [2.05, 4.69) is 88.4 Å². The molecule has 432 valence electrons. The lowest BCUT2D eigenvalue weighted by atomic mass is 9.76. The molecular formula is C67H55BBr2IN5O10. The fraction of sp³-hybridized carbons (Fsp3) is 0.179. The van der Waals surface area contributed by atoms with Gasteiger partial charge >= 0.3 is 31.0 Å². The number of hydrogen-bond donors (Lipinski definition) is 1. The van der Waals surface area contributed by atoms with E-state index in [1.54, 1.807) is 60.7 Å². The number of methoxy groups -OCH3 is 3. The van der Waals surface area contributed by atoms with Crippen molar-refractivity contribution in [2.45, 2.75) is 59.7 Å². The minimum Gasteiger partial charge on any atom is -0.478 e. The molecular weight excluding hydrogens is 1330 g/mol. The van der Waals surface area contributed by atoms with Gasteiger partial charge in [-0.3, -0.25) is 4.98 Å². The zero-order chi connectivity index (χ0) is 63.2. The average molecular weight is 1390 g/mol. The molecule has 0 bridgehead atoms. The number of benzene rings is 7. The Morgan fingerprint density at radius 1 is 0.500 bits per heavy atom. The van der Waals surface area contributed by atoms with E-state index in [1.807, 2.05) is 109 Å². The molecule has 0 saturated carbocycles. The second-order valence-electron chi connectivity index (χ2n) is 20.4. The number of rotatable bonds is 9. The summed E-state index contributed by atoms with van der Waals surface area (Å²) in [6.45, 7) is 13.7. The molecule has 0 unspecified atom stereocenters. The molecule has 0 aliphatic carbocycles. The van der Waals surface area contributed by atoms with E-state index in [1.165, 1.54) is 45.9 Å². The van der Waals surface area contributed by atoms with Gasteiger partial charge in [0.15, 0.2) is 0 Å². The number of carboxylic acids is 1. The summed E-state index contributed by atoms with van der Waals surface area (Å²) in [5.74, 6) is -2.25. The summed E-state index contributed by atoms with van der Waals surface area (Å²) < 4.78 is 29.2. The normalized spacial score (nSPS) is 12.3. The van der Waals surface area contributed by atoms with E-state index in [-0.39, 0.29) is 11.5 Å². The third-order valence-electron chi connectivity index (χ3n) is 13.8. The van der Waals surface area contributed by atoms with E-state index in [0.717, 1.165) is 51.5 Å². The maximum absolute atomic E-state index is 12.3. The van der Waals surface area contributed by atoms with E-state index in [9.17, 15) is 45.3 Å². The first-order chi connectivity index (χ1) is 40.8. The molecule has 0 atom stereocenters. The molecule has 8 aromatic rings. The number of ether oxygens (including phenoxy) is 3. The summed E-state index contributed by atoms with van der Waals surface area (Å²) in [5.41, 5.74) is 11.6. The Morgan fingerprint density at radius 3 is 1.30 bits per heavy atom. The molecule has 1 fully saturated rings. The smallest absolute Gasteiger partial charge is 0.478 e. The molecule has 1 saturated heterocycles. The van der Waals surface area contributed by atoms with Crippen LogP contribution in [0.4, 0.5) is 0 Å². The first-order valence-corrected chi connectivity index (χ1v) is 28.7. The van der Waals surface area contributed by atoms with Gasteiger partial charge in [0.05, 0.1) is 101 Å². The minimum atomic E-state index is -1.08. The fourth-order valence-electron chi connectivity index (χ4n) is 8.72. The Balaban J connectivity index is 0.000000190. The van der Waals surface area contributed by atoms with Crippen molar-refractivity contribution in [3.63, 3.8) is 0 Å². The van der Waals surface area contributed by atoms with Crippen LogP contribution in [0.2, 0.25) is 0 Å². The lowest BCUT2D eigenvalue weighted by Gasteiger charge is -2.32. The lowest BCUT2D eigenvalue weighted by molar-refractivity contribution is 0.00578. The van der Waals surface area contributed by atoms with Crippen molar-refractivity contribution in [2.75, 3.05) is 21.3 Å². The number of nitriles is 4. The third kappa shape index (κ3) is 16.5. The van der Waals surface area contributed by atoms with Gasteiger partial charge in [-0.25, -0.2) is 19.2 Å². The molecule has 0 amide bonds. The number of aryl methyl sites for hydroxylation is 3. The second kappa shape index (κ2) is 29.3. The Kier molecular flexibility index (Phi) is 22.6.